The fourth-order valence-electron chi connectivity index (χ4n) is 1.97. The molecule has 0 aliphatic heterocycles. The van der Waals surface area contributed by atoms with Crippen LogP contribution in [0.4, 0.5) is 5.13 Å². The first kappa shape index (κ1) is 14.7. The van der Waals surface area contributed by atoms with Gasteiger partial charge in [0.05, 0.1) is 20.8 Å². The largest absolute Gasteiger partial charge is 0.298 e. The number of thiazole rings is 1. The Kier molecular flexibility index (Phi) is 4.14. The van der Waals surface area contributed by atoms with Crippen molar-refractivity contribution in [1.29, 1.82) is 0 Å². The highest BCUT2D eigenvalue weighted by atomic mass is 127. The number of aryl methyl sites for hydroxylation is 1. The molecule has 106 valence electrons. The average Bonchev–Trinajstić information content (AvgIpc) is 2.88. The van der Waals surface area contributed by atoms with Gasteiger partial charge in [-0.3, -0.25) is 10.1 Å². The van der Waals surface area contributed by atoms with Gasteiger partial charge in [0.25, 0.3) is 5.91 Å². The van der Waals surface area contributed by atoms with E-state index in [1.165, 1.54) is 11.3 Å². The number of nitrogens with zero attached hydrogens (tertiary/aromatic N) is 1. The summed E-state index contributed by atoms with van der Waals surface area (Å²) < 4.78 is 1.80. The second-order valence-electron chi connectivity index (χ2n) is 4.50. The van der Waals surface area contributed by atoms with E-state index in [-0.39, 0.29) is 5.91 Å². The van der Waals surface area contributed by atoms with Gasteiger partial charge in [0.15, 0.2) is 5.13 Å². The third-order valence-corrected chi connectivity index (χ3v) is 5.41. The maximum Gasteiger partial charge on any atom is 0.258 e. The molecule has 1 aromatic heterocycles. The Morgan fingerprint density at radius 3 is 2.76 bits per heavy atom. The molecule has 0 unspecified atom stereocenters. The van der Waals surface area contributed by atoms with Crippen molar-refractivity contribution in [2.24, 2.45) is 0 Å². The minimum Gasteiger partial charge on any atom is -0.298 e. The first-order valence-corrected chi connectivity index (χ1v) is 8.45. The molecular weight excluding hydrogens is 419 g/mol. The Morgan fingerprint density at radius 2 is 2.05 bits per heavy atom. The lowest BCUT2D eigenvalue weighted by Crippen LogP contribution is -2.12. The van der Waals surface area contributed by atoms with Gasteiger partial charge in [0.2, 0.25) is 0 Å². The van der Waals surface area contributed by atoms with Gasteiger partial charge < -0.3 is 0 Å². The van der Waals surface area contributed by atoms with Gasteiger partial charge >= 0.3 is 0 Å². The lowest BCUT2D eigenvalue weighted by molar-refractivity contribution is 0.102. The van der Waals surface area contributed by atoms with E-state index in [0.717, 1.165) is 19.4 Å². The van der Waals surface area contributed by atoms with E-state index >= 15 is 0 Å². The third-order valence-electron chi connectivity index (χ3n) is 3.04. The van der Waals surface area contributed by atoms with Gasteiger partial charge in [-0.05, 0) is 53.3 Å². The SMILES string of the molecule is Cc1ccc(Cl)c2sc(NC(=O)c3ccccc3I)nc12. The molecular formula is C15H10ClIN2OS. The van der Waals surface area contributed by atoms with Crippen LogP contribution in [0.25, 0.3) is 10.2 Å². The monoisotopic (exact) mass is 428 g/mol. The summed E-state index contributed by atoms with van der Waals surface area (Å²) in [6, 6.07) is 11.2. The molecule has 0 aliphatic carbocycles. The van der Waals surface area contributed by atoms with Crippen molar-refractivity contribution < 1.29 is 4.79 Å². The number of hydrogen-bond donors (Lipinski definition) is 1. The molecule has 0 fully saturated rings. The summed E-state index contributed by atoms with van der Waals surface area (Å²) in [4.78, 5) is 16.8. The number of anilines is 1. The molecule has 0 bridgehead atoms. The maximum atomic E-state index is 12.3. The van der Waals surface area contributed by atoms with Crippen LogP contribution in [-0.2, 0) is 0 Å². The first-order valence-electron chi connectivity index (χ1n) is 6.18. The smallest absolute Gasteiger partial charge is 0.258 e. The van der Waals surface area contributed by atoms with Crippen LogP contribution >= 0.6 is 45.5 Å². The van der Waals surface area contributed by atoms with Crippen LogP contribution in [0, 0.1) is 10.5 Å². The number of nitrogens with one attached hydrogen (secondary N) is 1. The molecule has 6 heteroatoms. The van der Waals surface area contributed by atoms with Crippen LogP contribution in [0.1, 0.15) is 15.9 Å². The van der Waals surface area contributed by atoms with Gasteiger partial charge in [-0.15, -0.1) is 0 Å². The summed E-state index contributed by atoms with van der Waals surface area (Å²) in [6.07, 6.45) is 0. The number of fused-ring (bicyclic) bond motifs is 1. The second-order valence-corrected chi connectivity index (χ2v) is 7.06. The molecule has 0 aliphatic rings. The Hall–Kier alpha value is -1.18. The van der Waals surface area contributed by atoms with Gasteiger partial charge in [0.1, 0.15) is 0 Å². The number of rotatable bonds is 2. The van der Waals surface area contributed by atoms with Crippen LogP contribution in [0.3, 0.4) is 0 Å². The summed E-state index contributed by atoms with van der Waals surface area (Å²) in [5, 5.41) is 4.06. The van der Waals surface area contributed by atoms with E-state index in [1.54, 1.807) is 6.07 Å². The van der Waals surface area contributed by atoms with Crippen molar-refractivity contribution in [2.75, 3.05) is 5.32 Å². The van der Waals surface area contributed by atoms with Crippen LogP contribution in [-0.4, -0.2) is 10.9 Å². The average molecular weight is 429 g/mol. The molecule has 21 heavy (non-hydrogen) atoms. The quantitative estimate of drug-likeness (QED) is 0.576. The highest BCUT2D eigenvalue weighted by molar-refractivity contribution is 14.1. The highest BCUT2D eigenvalue weighted by Crippen LogP contribution is 2.34. The molecule has 3 nitrogen and oxygen atoms in total. The van der Waals surface area contributed by atoms with E-state index in [1.807, 2.05) is 37.3 Å². The molecule has 3 rings (SSSR count). The molecule has 0 radical (unpaired) electrons. The molecule has 3 aromatic rings. The standard InChI is InChI=1S/C15H10ClIN2OS/c1-8-6-7-10(16)13-12(8)18-15(21-13)19-14(20)9-4-2-3-5-11(9)17/h2-7H,1H3,(H,18,19,20). The van der Waals surface area contributed by atoms with Gasteiger partial charge in [-0.2, -0.15) is 0 Å². The van der Waals surface area contributed by atoms with Crippen molar-refractivity contribution >= 4 is 66.8 Å². The Bertz CT molecular complexity index is 808. The van der Waals surface area contributed by atoms with Gasteiger partial charge in [-0.1, -0.05) is 41.1 Å². The minimum absolute atomic E-state index is 0.159. The number of benzene rings is 2. The van der Waals surface area contributed by atoms with E-state index < -0.39 is 0 Å². The molecule has 0 saturated heterocycles. The molecule has 2 aromatic carbocycles. The molecule has 1 N–H and O–H groups in total. The lowest BCUT2D eigenvalue weighted by atomic mass is 10.2. The molecule has 0 saturated carbocycles. The predicted octanol–water partition coefficient (Wildman–Crippen LogP) is 5.12. The number of amides is 1. The normalized spacial score (nSPS) is 10.8. The van der Waals surface area contributed by atoms with Crippen LogP contribution in [0.5, 0.6) is 0 Å². The number of aromatic nitrogens is 1. The molecule has 1 amide bonds. The lowest BCUT2D eigenvalue weighted by Gasteiger charge is -2.03. The second kappa shape index (κ2) is 5.90. The fraction of sp³-hybridized carbons (Fsp3) is 0.0667. The molecule has 0 atom stereocenters. The summed E-state index contributed by atoms with van der Waals surface area (Å²) in [7, 11) is 0. The van der Waals surface area contributed by atoms with E-state index in [0.29, 0.717) is 15.7 Å². The fourth-order valence-corrected chi connectivity index (χ4v) is 3.81. The van der Waals surface area contributed by atoms with Crippen LogP contribution < -0.4 is 5.32 Å². The summed E-state index contributed by atoms with van der Waals surface area (Å²) >= 11 is 9.71. The van der Waals surface area contributed by atoms with E-state index in [9.17, 15) is 4.79 Å². The zero-order valence-corrected chi connectivity index (χ0v) is 14.7. The zero-order valence-electron chi connectivity index (χ0n) is 11.0. The van der Waals surface area contributed by atoms with Crippen molar-refractivity contribution in [1.82, 2.24) is 4.98 Å². The predicted molar refractivity (Wildman–Crippen MR) is 96.5 cm³/mol. The minimum atomic E-state index is -0.159. The number of halogens is 2. The van der Waals surface area contributed by atoms with E-state index in [4.69, 9.17) is 11.6 Å². The summed E-state index contributed by atoms with van der Waals surface area (Å²) in [6.45, 7) is 1.98. The maximum absolute atomic E-state index is 12.3. The van der Waals surface area contributed by atoms with Gasteiger partial charge in [-0.25, -0.2) is 4.98 Å². The Balaban J connectivity index is 1.96. The van der Waals surface area contributed by atoms with Crippen LogP contribution in [0.2, 0.25) is 5.02 Å². The topological polar surface area (TPSA) is 42.0 Å². The third kappa shape index (κ3) is 2.90. The van der Waals surface area contributed by atoms with E-state index in [2.05, 4.69) is 32.9 Å². The summed E-state index contributed by atoms with van der Waals surface area (Å²) in [5.41, 5.74) is 2.52. The summed E-state index contributed by atoms with van der Waals surface area (Å²) in [5.74, 6) is -0.159. The van der Waals surface area contributed by atoms with Crippen molar-refractivity contribution in [3.8, 4) is 0 Å². The number of carbonyl (C=O) groups is 1. The highest BCUT2D eigenvalue weighted by Gasteiger charge is 2.14. The Labute approximate surface area is 144 Å². The van der Waals surface area contributed by atoms with Crippen molar-refractivity contribution in [2.45, 2.75) is 6.92 Å². The van der Waals surface area contributed by atoms with Gasteiger partial charge in [0, 0.05) is 3.57 Å². The number of carbonyl (C=O) groups excluding carboxylic acids is 1. The van der Waals surface area contributed by atoms with Crippen molar-refractivity contribution in [3.05, 3.63) is 56.1 Å². The van der Waals surface area contributed by atoms with Crippen LogP contribution in [0.15, 0.2) is 36.4 Å². The number of hydrogen-bond acceptors (Lipinski definition) is 3. The molecule has 1 heterocycles. The Morgan fingerprint density at radius 1 is 1.29 bits per heavy atom. The molecule has 0 spiro atoms. The zero-order chi connectivity index (χ0) is 15.0. The first-order chi connectivity index (χ1) is 10.1. The van der Waals surface area contributed by atoms with Crippen molar-refractivity contribution in [3.63, 3.8) is 0 Å².